The van der Waals surface area contributed by atoms with Crippen LogP contribution in [0.3, 0.4) is 0 Å². The van der Waals surface area contributed by atoms with Gasteiger partial charge in [0.05, 0.1) is 5.69 Å². The van der Waals surface area contributed by atoms with Crippen molar-refractivity contribution in [3.63, 3.8) is 0 Å². The van der Waals surface area contributed by atoms with Crippen LogP contribution in [0.25, 0.3) is 0 Å². The van der Waals surface area contributed by atoms with Gasteiger partial charge in [0.25, 0.3) is 5.91 Å². The minimum Gasteiger partial charge on any atom is -0.479 e. The molecule has 1 atom stereocenters. The molecule has 2 rings (SSSR count). The van der Waals surface area contributed by atoms with E-state index < -0.39 is 0 Å². The SMILES string of the molecule is Cc1cccc2c1N(C)C(=O)C(C)O2. The second kappa shape index (κ2) is 3.01. The summed E-state index contributed by atoms with van der Waals surface area (Å²) in [6, 6.07) is 5.80. The molecule has 74 valence electrons. The molecule has 0 saturated carbocycles. The summed E-state index contributed by atoms with van der Waals surface area (Å²) in [4.78, 5) is 13.3. The lowest BCUT2D eigenvalue weighted by Crippen LogP contribution is -2.42. The summed E-state index contributed by atoms with van der Waals surface area (Å²) in [6.07, 6.45) is -0.380. The molecule has 0 fully saturated rings. The molecular formula is C11H13NO2. The van der Waals surface area contributed by atoms with Crippen molar-refractivity contribution in [3.05, 3.63) is 23.8 Å². The standard InChI is InChI=1S/C11H13NO2/c1-7-5-4-6-9-10(7)12(3)11(13)8(2)14-9/h4-6,8H,1-3H3. The number of ether oxygens (including phenoxy) is 1. The first kappa shape index (κ1) is 9.06. The summed E-state index contributed by atoms with van der Waals surface area (Å²) < 4.78 is 5.50. The number of likely N-dealkylation sites (N-methyl/N-ethyl adjacent to an activating group) is 1. The van der Waals surface area contributed by atoms with Crippen LogP contribution in [-0.2, 0) is 4.79 Å². The van der Waals surface area contributed by atoms with E-state index in [2.05, 4.69) is 0 Å². The maximum atomic E-state index is 11.6. The van der Waals surface area contributed by atoms with Crippen LogP contribution in [0.2, 0.25) is 0 Å². The Bertz CT molecular complexity index is 387. The molecule has 0 aliphatic carbocycles. The first-order valence-corrected chi connectivity index (χ1v) is 4.65. The zero-order valence-electron chi connectivity index (χ0n) is 8.57. The quantitative estimate of drug-likeness (QED) is 0.625. The largest absolute Gasteiger partial charge is 0.479 e. The van der Waals surface area contributed by atoms with Crippen molar-refractivity contribution in [2.24, 2.45) is 0 Å². The Morgan fingerprint density at radius 1 is 1.43 bits per heavy atom. The molecule has 0 bridgehead atoms. The molecule has 0 N–H and O–H groups in total. The molecule has 14 heavy (non-hydrogen) atoms. The van der Waals surface area contributed by atoms with Gasteiger partial charge in [0.2, 0.25) is 0 Å². The number of fused-ring (bicyclic) bond motifs is 1. The number of carbonyl (C=O) groups is 1. The first-order chi connectivity index (χ1) is 6.61. The van der Waals surface area contributed by atoms with E-state index in [1.54, 1.807) is 18.9 Å². The lowest BCUT2D eigenvalue weighted by Gasteiger charge is -2.31. The molecule has 1 aliphatic rings. The molecule has 3 heteroatoms. The highest BCUT2D eigenvalue weighted by molar-refractivity contribution is 6.00. The van der Waals surface area contributed by atoms with Gasteiger partial charge in [0, 0.05) is 7.05 Å². The van der Waals surface area contributed by atoms with E-state index in [9.17, 15) is 4.79 Å². The Hall–Kier alpha value is -1.51. The van der Waals surface area contributed by atoms with Gasteiger partial charge in [-0.2, -0.15) is 0 Å². The van der Waals surface area contributed by atoms with Crippen molar-refractivity contribution in [2.45, 2.75) is 20.0 Å². The Morgan fingerprint density at radius 2 is 2.14 bits per heavy atom. The minimum absolute atomic E-state index is 0.00630. The van der Waals surface area contributed by atoms with Gasteiger partial charge >= 0.3 is 0 Å². The van der Waals surface area contributed by atoms with Gasteiger partial charge in [-0.3, -0.25) is 4.79 Å². The number of rotatable bonds is 0. The summed E-state index contributed by atoms with van der Waals surface area (Å²) in [5.74, 6) is 0.798. The number of hydrogen-bond acceptors (Lipinski definition) is 2. The molecule has 0 spiro atoms. The summed E-state index contributed by atoms with van der Waals surface area (Å²) in [7, 11) is 1.78. The average Bonchev–Trinajstić information content (AvgIpc) is 2.14. The number of amides is 1. The normalized spacial score (nSPS) is 20.4. The number of hydrogen-bond donors (Lipinski definition) is 0. The Morgan fingerprint density at radius 3 is 2.86 bits per heavy atom. The Kier molecular flexibility index (Phi) is 1.95. The van der Waals surface area contributed by atoms with E-state index in [0.29, 0.717) is 0 Å². The number of nitrogens with zero attached hydrogens (tertiary/aromatic N) is 1. The smallest absolute Gasteiger partial charge is 0.267 e. The van der Waals surface area contributed by atoms with E-state index in [1.807, 2.05) is 25.1 Å². The highest BCUT2D eigenvalue weighted by atomic mass is 16.5. The van der Waals surface area contributed by atoms with Gasteiger partial charge in [-0.15, -0.1) is 0 Å². The lowest BCUT2D eigenvalue weighted by molar-refractivity contribution is -0.125. The third-order valence-electron chi connectivity index (χ3n) is 2.52. The van der Waals surface area contributed by atoms with Crippen molar-refractivity contribution in [3.8, 4) is 5.75 Å². The number of carbonyl (C=O) groups excluding carboxylic acids is 1. The van der Waals surface area contributed by atoms with Crippen molar-refractivity contribution in [1.29, 1.82) is 0 Å². The average molecular weight is 191 g/mol. The fourth-order valence-corrected chi connectivity index (χ4v) is 1.78. The maximum Gasteiger partial charge on any atom is 0.267 e. The van der Waals surface area contributed by atoms with Crippen LogP contribution in [-0.4, -0.2) is 19.1 Å². The van der Waals surface area contributed by atoms with E-state index in [0.717, 1.165) is 17.0 Å². The van der Waals surface area contributed by atoms with Gasteiger partial charge in [0.1, 0.15) is 5.75 Å². The molecular weight excluding hydrogens is 178 g/mol. The van der Waals surface area contributed by atoms with Crippen LogP contribution in [0.15, 0.2) is 18.2 Å². The monoisotopic (exact) mass is 191 g/mol. The molecule has 1 heterocycles. The molecule has 1 aromatic carbocycles. The molecule has 0 aromatic heterocycles. The van der Waals surface area contributed by atoms with Crippen molar-refractivity contribution in [1.82, 2.24) is 0 Å². The second-order valence-corrected chi connectivity index (χ2v) is 3.58. The number of benzene rings is 1. The molecule has 1 unspecified atom stereocenters. The zero-order valence-corrected chi connectivity index (χ0v) is 8.57. The second-order valence-electron chi connectivity index (χ2n) is 3.58. The molecule has 0 saturated heterocycles. The summed E-state index contributed by atoms with van der Waals surface area (Å²) in [5.41, 5.74) is 1.95. The third-order valence-corrected chi connectivity index (χ3v) is 2.52. The van der Waals surface area contributed by atoms with Gasteiger partial charge in [-0.05, 0) is 25.5 Å². The summed E-state index contributed by atoms with van der Waals surface area (Å²) in [5, 5.41) is 0. The fraction of sp³-hybridized carbons (Fsp3) is 0.364. The molecule has 3 nitrogen and oxygen atoms in total. The number of aryl methyl sites for hydroxylation is 1. The van der Waals surface area contributed by atoms with Gasteiger partial charge in [0.15, 0.2) is 6.10 Å². The van der Waals surface area contributed by atoms with Crippen molar-refractivity contribution >= 4 is 11.6 Å². The van der Waals surface area contributed by atoms with Gasteiger partial charge in [-0.25, -0.2) is 0 Å². The van der Waals surface area contributed by atoms with E-state index >= 15 is 0 Å². The maximum absolute atomic E-state index is 11.6. The van der Waals surface area contributed by atoms with Crippen molar-refractivity contribution in [2.75, 3.05) is 11.9 Å². The number of para-hydroxylation sites is 1. The lowest BCUT2D eigenvalue weighted by atomic mass is 10.1. The Balaban J connectivity index is 2.56. The molecule has 1 amide bonds. The van der Waals surface area contributed by atoms with Crippen LogP contribution in [0, 0.1) is 6.92 Å². The molecule has 0 radical (unpaired) electrons. The topological polar surface area (TPSA) is 29.5 Å². The highest BCUT2D eigenvalue weighted by Crippen LogP contribution is 2.35. The third kappa shape index (κ3) is 1.16. The van der Waals surface area contributed by atoms with E-state index in [4.69, 9.17) is 4.74 Å². The predicted octanol–water partition coefficient (Wildman–Crippen LogP) is 1.74. The number of anilines is 1. The summed E-state index contributed by atoms with van der Waals surface area (Å²) in [6.45, 7) is 3.74. The van der Waals surface area contributed by atoms with Gasteiger partial charge < -0.3 is 9.64 Å². The molecule has 1 aromatic rings. The fourth-order valence-electron chi connectivity index (χ4n) is 1.78. The first-order valence-electron chi connectivity index (χ1n) is 4.65. The Labute approximate surface area is 83.3 Å². The predicted molar refractivity (Wildman–Crippen MR) is 54.7 cm³/mol. The van der Waals surface area contributed by atoms with Crippen LogP contribution < -0.4 is 9.64 Å². The van der Waals surface area contributed by atoms with Crippen LogP contribution in [0.4, 0.5) is 5.69 Å². The van der Waals surface area contributed by atoms with Crippen LogP contribution in [0.1, 0.15) is 12.5 Å². The van der Waals surface area contributed by atoms with E-state index in [-0.39, 0.29) is 12.0 Å². The van der Waals surface area contributed by atoms with Gasteiger partial charge in [-0.1, -0.05) is 12.1 Å². The summed E-state index contributed by atoms with van der Waals surface area (Å²) >= 11 is 0. The van der Waals surface area contributed by atoms with Crippen LogP contribution in [0.5, 0.6) is 5.75 Å². The van der Waals surface area contributed by atoms with E-state index in [1.165, 1.54) is 0 Å². The van der Waals surface area contributed by atoms with Crippen LogP contribution >= 0.6 is 0 Å². The minimum atomic E-state index is -0.380. The highest BCUT2D eigenvalue weighted by Gasteiger charge is 2.29. The van der Waals surface area contributed by atoms with Crippen molar-refractivity contribution < 1.29 is 9.53 Å². The zero-order chi connectivity index (χ0) is 10.3. The molecule has 1 aliphatic heterocycles.